The lowest BCUT2D eigenvalue weighted by Gasteiger charge is -2.26. The van der Waals surface area contributed by atoms with Crippen molar-refractivity contribution in [2.45, 2.75) is 65.7 Å². The van der Waals surface area contributed by atoms with Gasteiger partial charge in [-0.3, -0.25) is 0 Å². The van der Waals surface area contributed by atoms with Crippen molar-refractivity contribution >= 4 is 0 Å². The molecule has 1 heteroatoms. The van der Waals surface area contributed by atoms with Gasteiger partial charge >= 0.3 is 0 Å². The molecule has 0 amide bonds. The van der Waals surface area contributed by atoms with Gasteiger partial charge in [-0.1, -0.05) is 55.5 Å². The molecule has 0 heterocycles. The van der Waals surface area contributed by atoms with Gasteiger partial charge in [0.2, 0.25) is 0 Å². The Kier molecular flexibility index (Phi) is 6.76. The molecule has 0 radical (unpaired) electrons. The van der Waals surface area contributed by atoms with Crippen LogP contribution in [0.3, 0.4) is 0 Å². The van der Waals surface area contributed by atoms with Gasteiger partial charge in [-0.05, 0) is 70.0 Å². The molecule has 1 N–H and O–H groups in total. The number of rotatable bonds is 6. The molecular formula is C20H33N. The Labute approximate surface area is 131 Å². The second kappa shape index (κ2) is 8.58. The van der Waals surface area contributed by atoms with E-state index in [9.17, 15) is 0 Å². The molecule has 1 saturated carbocycles. The minimum Gasteiger partial charge on any atom is -0.316 e. The molecule has 0 aliphatic heterocycles. The zero-order valence-electron chi connectivity index (χ0n) is 14.3. The molecule has 1 aromatic carbocycles. The topological polar surface area (TPSA) is 12.0 Å². The lowest BCUT2D eigenvalue weighted by molar-refractivity contribution is 0.298. The van der Waals surface area contributed by atoms with Crippen LogP contribution in [0.4, 0.5) is 0 Å². The maximum absolute atomic E-state index is 3.67. The van der Waals surface area contributed by atoms with Crippen LogP contribution in [0.2, 0.25) is 0 Å². The Hall–Kier alpha value is -0.820. The van der Waals surface area contributed by atoms with E-state index in [1.54, 1.807) is 5.56 Å². The first-order valence-corrected chi connectivity index (χ1v) is 8.97. The van der Waals surface area contributed by atoms with Gasteiger partial charge in [0, 0.05) is 0 Å². The lowest BCUT2D eigenvalue weighted by atomic mass is 9.82. The normalized spacial score (nSPS) is 23.0. The summed E-state index contributed by atoms with van der Waals surface area (Å²) < 4.78 is 0. The van der Waals surface area contributed by atoms with E-state index < -0.39 is 0 Å². The second-order valence-corrected chi connectivity index (χ2v) is 7.06. The summed E-state index contributed by atoms with van der Waals surface area (Å²) in [5, 5.41) is 3.67. The average molecular weight is 287 g/mol. The van der Waals surface area contributed by atoms with E-state index in [0.717, 1.165) is 11.8 Å². The van der Waals surface area contributed by atoms with Crippen molar-refractivity contribution in [3.05, 3.63) is 34.9 Å². The Morgan fingerprint density at radius 3 is 2.29 bits per heavy atom. The molecule has 1 nitrogen and oxygen atoms in total. The van der Waals surface area contributed by atoms with Gasteiger partial charge < -0.3 is 5.32 Å². The van der Waals surface area contributed by atoms with E-state index in [2.05, 4.69) is 44.3 Å². The molecule has 1 aliphatic rings. The molecule has 1 aromatic rings. The smallest absolute Gasteiger partial charge is 0.00178 e. The third-order valence-corrected chi connectivity index (χ3v) is 4.93. The molecule has 0 saturated heterocycles. The minimum absolute atomic E-state index is 0.873. The van der Waals surface area contributed by atoms with E-state index in [-0.39, 0.29) is 0 Å². The van der Waals surface area contributed by atoms with Gasteiger partial charge in [-0.15, -0.1) is 0 Å². The molecule has 21 heavy (non-hydrogen) atoms. The highest BCUT2D eigenvalue weighted by Gasteiger charge is 2.23. The van der Waals surface area contributed by atoms with E-state index >= 15 is 0 Å². The van der Waals surface area contributed by atoms with Crippen LogP contribution in [0.15, 0.2) is 18.2 Å². The maximum atomic E-state index is 3.67. The molecule has 0 aromatic heterocycles. The zero-order valence-corrected chi connectivity index (χ0v) is 14.3. The SMILES string of the molecule is CCCNCC1CCCCCC1Cc1cc(C)cc(C)c1. The summed E-state index contributed by atoms with van der Waals surface area (Å²) in [5.41, 5.74) is 4.39. The number of aryl methyl sites for hydroxylation is 2. The first kappa shape index (κ1) is 16.5. The molecule has 0 bridgehead atoms. The third-order valence-electron chi connectivity index (χ3n) is 4.93. The van der Waals surface area contributed by atoms with E-state index in [4.69, 9.17) is 0 Å². The first-order valence-electron chi connectivity index (χ1n) is 8.97. The minimum atomic E-state index is 0.873. The fourth-order valence-corrected chi connectivity index (χ4v) is 3.95. The predicted octanol–water partition coefficient (Wildman–Crippen LogP) is 5.04. The van der Waals surface area contributed by atoms with Crippen LogP contribution in [-0.2, 0) is 6.42 Å². The Bertz CT molecular complexity index is 404. The van der Waals surface area contributed by atoms with E-state index in [1.165, 1.54) is 69.2 Å². The van der Waals surface area contributed by atoms with Crippen molar-refractivity contribution in [3.8, 4) is 0 Å². The zero-order chi connectivity index (χ0) is 15.1. The fraction of sp³-hybridized carbons (Fsp3) is 0.700. The van der Waals surface area contributed by atoms with Gasteiger partial charge in [0.1, 0.15) is 0 Å². The number of benzene rings is 1. The van der Waals surface area contributed by atoms with Crippen LogP contribution in [0.1, 0.15) is 62.1 Å². The number of nitrogens with one attached hydrogen (secondary N) is 1. The van der Waals surface area contributed by atoms with Crippen molar-refractivity contribution < 1.29 is 0 Å². The van der Waals surface area contributed by atoms with Gasteiger partial charge in [0.15, 0.2) is 0 Å². The van der Waals surface area contributed by atoms with Crippen LogP contribution in [0.25, 0.3) is 0 Å². The highest BCUT2D eigenvalue weighted by Crippen LogP contribution is 2.31. The van der Waals surface area contributed by atoms with E-state index in [0.29, 0.717) is 0 Å². The van der Waals surface area contributed by atoms with Crippen molar-refractivity contribution in [1.82, 2.24) is 5.32 Å². The average Bonchev–Trinajstić information content (AvgIpc) is 2.64. The number of hydrogen-bond acceptors (Lipinski definition) is 1. The van der Waals surface area contributed by atoms with Crippen LogP contribution < -0.4 is 5.32 Å². The highest BCUT2D eigenvalue weighted by atomic mass is 14.9. The summed E-state index contributed by atoms with van der Waals surface area (Å²) in [4.78, 5) is 0. The fourth-order valence-electron chi connectivity index (χ4n) is 3.95. The molecule has 2 unspecified atom stereocenters. The van der Waals surface area contributed by atoms with Crippen LogP contribution in [-0.4, -0.2) is 13.1 Å². The summed E-state index contributed by atoms with van der Waals surface area (Å²) in [6.07, 6.45) is 9.67. The Balaban J connectivity index is 2.01. The monoisotopic (exact) mass is 287 g/mol. The van der Waals surface area contributed by atoms with Crippen LogP contribution in [0, 0.1) is 25.7 Å². The number of hydrogen-bond donors (Lipinski definition) is 1. The predicted molar refractivity (Wildman–Crippen MR) is 92.8 cm³/mol. The van der Waals surface area contributed by atoms with Gasteiger partial charge in [0.05, 0.1) is 0 Å². The van der Waals surface area contributed by atoms with Gasteiger partial charge in [-0.2, -0.15) is 0 Å². The molecule has 1 fully saturated rings. The first-order chi connectivity index (χ1) is 10.2. The van der Waals surface area contributed by atoms with E-state index in [1.807, 2.05) is 0 Å². The summed E-state index contributed by atoms with van der Waals surface area (Å²) in [7, 11) is 0. The highest BCUT2D eigenvalue weighted by molar-refractivity contribution is 5.28. The third kappa shape index (κ3) is 5.47. The van der Waals surface area contributed by atoms with Gasteiger partial charge in [0.25, 0.3) is 0 Å². The van der Waals surface area contributed by atoms with Crippen molar-refractivity contribution in [2.75, 3.05) is 13.1 Å². The molecule has 0 spiro atoms. The summed E-state index contributed by atoms with van der Waals surface area (Å²) >= 11 is 0. The van der Waals surface area contributed by atoms with Crippen molar-refractivity contribution in [1.29, 1.82) is 0 Å². The quantitative estimate of drug-likeness (QED) is 0.571. The molecule has 1 aliphatic carbocycles. The molecular weight excluding hydrogens is 254 g/mol. The standard InChI is InChI=1S/C20H33N/c1-4-10-21-15-20-9-7-5-6-8-19(20)14-18-12-16(2)11-17(3)13-18/h11-13,19-21H,4-10,14-15H2,1-3H3. The Morgan fingerprint density at radius 2 is 1.62 bits per heavy atom. The Morgan fingerprint density at radius 1 is 0.952 bits per heavy atom. The van der Waals surface area contributed by atoms with Crippen molar-refractivity contribution in [3.63, 3.8) is 0 Å². The molecule has 2 atom stereocenters. The summed E-state index contributed by atoms with van der Waals surface area (Å²) in [5.74, 6) is 1.75. The summed E-state index contributed by atoms with van der Waals surface area (Å²) in [6.45, 7) is 9.11. The van der Waals surface area contributed by atoms with Crippen LogP contribution >= 0.6 is 0 Å². The largest absolute Gasteiger partial charge is 0.316 e. The van der Waals surface area contributed by atoms with Crippen molar-refractivity contribution in [2.24, 2.45) is 11.8 Å². The summed E-state index contributed by atoms with van der Waals surface area (Å²) in [6, 6.07) is 7.08. The second-order valence-electron chi connectivity index (χ2n) is 7.06. The molecule has 118 valence electrons. The van der Waals surface area contributed by atoms with Gasteiger partial charge in [-0.25, -0.2) is 0 Å². The van der Waals surface area contributed by atoms with Crippen LogP contribution in [0.5, 0.6) is 0 Å². The lowest BCUT2D eigenvalue weighted by Crippen LogP contribution is -2.29. The molecule has 2 rings (SSSR count). The maximum Gasteiger partial charge on any atom is -0.00178 e.